The van der Waals surface area contributed by atoms with Crippen LogP contribution in [-0.4, -0.2) is 49.8 Å². The summed E-state index contributed by atoms with van der Waals surface area (Å²) in [5.74, 6) is 1.31. The number of nitriles is 1. The number of hydrogen-bond donors (Lipinski definition) is 0. The van der Waals surface area contributed by atoms with Gasteiger partial charge in [-0.1, -0.05) is 11.6 Å². The van der Waals surface area contributed by atoms with Crippen molar-refractivity contribution < 1.29 is 9.47 Å². The van der Waals surface area contributed by atoms with Crippen LogP contribution in [0.1, 0.15) is 11.6 Å². The average Bonchev–Trinajstić information content (AvgIpc) is 2.89. The molecule has 0 bridgehead atoms. The van der Waals surface area contributed by atoms with Crippen molar-refractivity contribution in [1.29, 1.82) is 5.26 Å². The van der Waals surface area contributed by atoms with Crippen LogP contribution in [0.2, 0.25) is 5.02 Å². The molecule has 2 heterocycles. The van der Waals surface area contributed by atoms with Crippen LogP contribution in [0.3, 0.4) is 0 Å². The van der Waals surface area contributed by atoms with E-state index in [4.69, 9.17) is 21.1 Å². The smallest absolute Gasteiger partial charge is 0.231 e. The molecule has 1 aromatic carbocycles. The molecular weight excluding hydrogens is 313 g/mol. The fraction of sp³-hybridized carbons (Fsp3) is 0.500. The first kappa shape index (κ1) is 16.2. The first-order valence-electron chi connectivity index (χ1n) is 6.60. The zero-order chi connectivity index (χ0) is 14.1. The van der Waals surface area contributed by atoms with Gasteiger partial charge in [0.05, 0.1) is 11.1 Å². The highest BCUT2D eigenvalue weighted by molar-refractivity contribution is 6.31. The van der Waals surface area contributed by atoms with Crippen LogP contribution in [-0.2, 0) is 0 Å². The summed E-state index contributed by atoms with van der Waals surface area (Å²) >= 11 is 6.31. The van der Waals surface area contributed by atoms with E-state index in [1.807, 2.05) is 6.07 Å². The number of benzene rings is 1. The Morgan fingerprint density at radius 3 is 2.43 bits per heavy atom. The van der Waals surface area contributed by atoms with Crippen molar-refractivity contribution in [2.24, 2.45) is 0 Å². The maximum atomic E-state index is 9.53. The van der Waals surface area contributed by atoms with Gasteiger partial charge in [0.25, 0.3) is 0 Å². The van der Waals surface area contributed by atoms with Crippen molar-refractivity contribution in [2.45, 2.75) is 6.04 Å². The van der Waals surface area contributed by atoms with Crippen LogP contribution in [0.25, 0.3) is 0 Å². The van der Waals surface area contributed by atoms with Crippen molar-refractivity contribution in [1.82, 2.24) is 9.80 Å². The van der Waals surface area contributed by atoms with E-state index < -0.39 is 0 Å². The van der Waals surface area contributed by atoms with Gasteiger partial charge in [-0.15, -0.1) is 12.4 Å². The first-order chi connectivity index (χ1) is 9.69. The van der Waals surface area contributed by atoms with Crippen LogP contribution >= 0.6 is 24.0 Å². The number of rotatable bonds is 2. The lowest BCUT2D eigenvalue weighted by molar-refractivity contribution is 0.132. The molecule has 21 heavy (non-hydrogen) atoms. The number of hydrogen-bond acceptors (Lipinski definition) is 5. The van der Waals surface area contributed by atoms with E-state index in [1.54, 1.807) is 6.07 Å². The molecule has 0 saturated carbocycles. The molecule has 1 aromatic rings. The van der Waals surface area contributed by atoms with Crippen molar-refractivity contribution in [3.8, 4) is 17.6 Å². The normalized spacial score (nSPS) is 19.7. The number of piperazine rings is 1. The summed E-state index contributed by atoms with van der Waals surface area (Å²) in [4.78, 5) is 4.41. The summed E-state index contributed by atoms with van der Waals surface area (Å²) in [6, 6.07) is 5.59. The summed E-state index contributed by atoms with van der Waals surface area (Å²) in [7, 11) is 2.09. The molecule has 7 heteroatoms. The monoisotopic (exact) mass is 329 g/mol. The molecule has 5 nitrogen and oxygen atoms in total. The Balaban J connectivity index is 0.00000161. The zero-order valence-electron chi connectivity index (χ0n) is 11.7. The Hall–Kier alpha value is -1.19. The second-order valence-electron chi connectivity index (χ2n) is 5.10. The van der Waals surface area contributed by atoms with Gasteiger partial charge in [0.2, 0.25) is 6.79 Å². The fourth-order valence-electron chi connectivity index (χ4n) is 2.57. The molecule has 114 valence electrons. The van der Waals surface area contributed by atoms with Gasteiger partial charge in [-0.25, -0.2) is 0 Å². The Morgan fingerprint density at radius 1 is 1.19 bits per heavy atom. The van der Waals surface area contributed by atoms with Crippen LogP contribution in [0, 0.1) is 11.3 Å². The molecule has 2 aliphatic rings. The lowest BCUT2D eigenvalue weighted by Gasteiger charge is -2.35. The largest absolute Gasteiger partial charge is 0.454 e. The highest BCUT2D eigenvalue weighted by atomic mass is 35.5. The second kappa shape index (κ2) is 6.71. The molecule has 0 radical (unpaired) electrons. The number of ether oxygens (including phenoxy) is 2. The summed E-state index contributed by atoms with van der Waals surface area (Å²) in [5, 5.41) is 10.1. The zero-order valence-corrected chi connectivity index (χ0v) is 13.3. The Morgan fingerprint density at radius 2 is 1.81 bits per heavy atom. The van der Waals surface area contributed by atoms with Crippen molar-refractivity contribution in [3.05, 3.63) is 22.7 Å². The van der Waals surface area contributed by atoms with E-state index in [0.29, 0.717) is 16.5 Å². The van der Waals surface area contributed by atoms with Gasteiger partial charge in [-0.3, -0.25) is 4.90 Å². The number of halogens is 2. The van der Waals surface area contributed by atoms with Gasteiger partial charge in [-0.05, 0) is 13.1 Å². The third-order valence-electron chi connectivity index (χ3n) is 3.81. The number of fused-ring (bicyclic) bond motifs is 1. The van der Waals surface area contributed by atoms with Gasteiger partial charge < -0.3 is 14.4 Å². The Kier molecular flexibility index (Phi) is 5.17. The summed E-state index contributed by atoms with van der Waals surface area (Å²) in [6.07, 6.45) is 0. The van der Waals surface area contributed by atoms with Gasteiger partial charge in [-0.2, -0.15) is 5.26 Å². The van der Waals surface area contributed by atoms with E-state index in [2.05, 4.69) is 22.9 Å². The second-order valence-corrected chi connectivity index (χ2v) is 5.51. The Bertz CT molecular complexity index is 554. The SMILES string of the molecule is CN1CCN(C(C#N)c2cc3c(cc2Cl)OCO3)CC1.Cl. The fourth-order valence-corrected chi connectivity index (χ4v) is 2.83. The van der Waals surface area contributed by atoms with E-state index in [1.165, 1.54) is 0 Å². The van der Waals surface area contributed by atoms with E-state index in [9.17, 15) is 5.26 Å². The standard InChI is InChI=1S/C14H16ClN3O2.ClH/c1-17-2-4-18(5-3-17)12(8-16)10-6-13-14(7-11(10)15)20-9-19-13;/h6-7,12H,2-5,9H2,1H3;1H. The number of nitrogens with zero attached hydrogens (tertiary/aromatic N) is 3. The van der Waals surface area contributed by atoms with Crippen molar-refractivity contribution >= 4 is 24.0 Å². The molecule has 0 N–H and O–H groups in total. The predicted octanol–water partition coefficient (Wildman–Crippen LogP) is 2.30. The van der Waals surface area contributed by atoms with Crippen molar-refractivity contribution in [2.75, 3.05) is 40.0 Å². The van der Waals surface area contributed by atoms with Crippen LogP contribution in [0.5, 0.6) is 11.5 Å². The third-order valence-corrected chi connectivity index (χ3v) is 4.14. The van der Waals surface area contributed by atoms with E-state index >= 15 is 0 Å². The lowest BCUT2D eigenvalue weighted by atomic mass is 10.0. The number of likely N-dealkylation sites (N-methyl/N-ethyl adjacent to an activating group) is 1. The van der Waals surface area contributed by atoms with Gasteiger partial charge in [0.15, 0.2) is 11.5 Å². The summed E-state index contributed by atoms with van der Waals surface area (Å²) < 4.78 is 10.7. The summed E-state index contributed by atoms with van der Waals surface area (Å²) in [5.41, 5.74) is 0.794. The van der Waals surface area contributed by atoms with Gasteiger partial charge in [0.1, 0.15) is 6.04 Å². The Labute approximate surface area is 135 Å². The van der Waals surface area contributed by atoms with Gasteiger partial charge in [0, 0.05) is 37.8 Å². The highest BCUT2D eigenvalue weighted by Crippen LogP contribution is 2.40. The molecule has 1 saturated heterocycles. The van der Waals surface area contributed by atoms with Crippen LogP contribution in [0.4, 0.5) is 0 Å². The van der Waals surface area contributed by atoms with Crippen LogP contribution in [0.15, 0.2) is 12.1 Å². The maximum Gasteiger partial charge on any atom is 0.231 e. The van der Waals surface area contributed by atoms with Crippen molar-refractivity contribution in [3.63, 3.8) is 0 Å². The molecule has 0 aromatic heterocycles. The average molecular weight is 330 g/mol. The quantitative estimate of drug-likeness (QED) is 0.833. The lowest BCUT2D eigenvalue weighted by Crippen LogP contribution is -2.45. The predicted molar refractivity (Wildman–Crippen MR) is 82.2 cm³/mol. The molecule has 0 amide bonds. The molecule has 3 rings (SSSR count). The maximum absolute atomic E-state index is 9.53. The minimum Gasteiger partial charge on any atom is -0.454 e. The first-order valence-corrected chi connectivity index (χ1v) is 6.98. The topological polar surface area (TPSA) is 48.7 Å². The molecule has 2 aliphatic heterocycles. The molecular formula is C14H17Cl2N3O2. The van der Waals surface area contributed by atoms with E-state index in [0.717, 1.165) is 31.7 Å². The van der Waals surface area contributed by atoms with Crippen LogP contribution < -0.4 is 9.47 Å². The minimum atomic E-state index is -0.342. The molecule has 0 spiro atoms. The molecule has 1 fully saturated rings. The van der Waals surface area contributed by atoms with Gasteiger partial charge >= 0.3 is 0 Å². The molecule has 0 aliphatic carbocycles. The summed E-state index contributed by atoms with van der Waals surface area (Å²) in [6.45, 7) is 3.85. The third kappa shape index (κ3) is 3.19. The highest BCUT2D eigenvalue weighted by Gasteiger charge is 2.27. The molecule has 1 unspecified atom stereocenters. The molecule has 1 atom stereocenters. The minimum absolute atomic E-state index is 0. The van der Waals surface area contributed by atoms with E-state index in [-0.39, 0.29) is 25.2 Å².